The molecule has 2 aromatic rings. The first-order valence-corrected chi connectivity index (χ1v) is 6.03. The Labute approximate surface area is 122 Å². The maximum atomic E-state index is 13.9. The molecule has 0 amide bonds. The maximum Gasteiger partial charge on any atom is 0.573 e. The van der Waals surface area contributed by atoms with Gasteiger partial charge in [0.25, 0.3) is 0 Å². The number of methoxy groups -OCH3 is 1. The molecule has 0 spiro atoms. The molecule has 4 nitrogen and oxygen atoms in total. The molecule has 0 unspecified atom stereocenters. The van der Waals surface area contributed by atoms with Crippen LogP contribution in [0, 0.1) is 5.82 Å². The quantitative estimate of drug-likeness (QED) is 0.879. The van der Waals surface area contributed by atoms with E-state index in [-0.39, 0.29) is 22.6 Å². The minimum absolute atomic E-state index is 0.0422. The lowest BCUT2D eigenvalue weighted by Gasteiger charge is -2.15. The molecule has 0 radical (unpaired) electrons. The summed E-state index contributed by atoms with van der Waals surface area (Å²) < 4.78 is 60.1. The summed E-state index contributed by atoms with van der Waals surface area (Å²) in [5.74, 6) is -1.41. The van der Waals surface area contributed by atoms with E-state index in [2.05, 4.69) is 9.72 Å². The molecule has 0 saturated carbocycles. The highest BCUT2D eigenvalue weighted by Crippen LogP contribution is 2.36. The van der Waals surface area contributed by atoms with Crippen molar-refractivity contribution in [2.24, 2.45) is 0 Å². The molecule has 1 N–H and O–H groups in total. The standard InChI is InChI=1S/C14H11F4NO3/c1-21-13-5-10(11(15)6-19-13)9-3-2-8(7-20)4-12(9)22-14(16,17)18/h2-6,20H,7H2,1H3. The number of halogens is 4. The van der Waals surface area contributed by atoms with Crippen molar-refractivity contribution in [1.29, 1.82) is 0 Å². The first-order chi connectivity index (χ1) is 10.3. The maximum absolute atomic E-state index is 13.9. The summed E-state index contributed by atoms with van der Waals surface area (Å²) in [6, 6.07) is 4.75. The van der Waals surface area contributed by atoms with Gasteiger partial charge in [-0.2, -0.15) is 0 Å². The lowest BCUT2D eigenvalue weighted by Crippen LogP contribution is -2.18. The SMILES string of the molecule is COc1cc(-c2ccc(CO)cc2OC(F)(F)F)c(F)cn1. The van der Waals surface area contributed by atoms with Crippen LogP contribution in [-0.2, 0) is 6.61 Å². The molecule has 0 fully saturated rings. The fraction of sp³-hybridized carbons (Fsp3) is 0.214. The number of hydrogen-bond acceptors (Lipinski definition) is 4. The summed E-state index contributed by atoms with van der Waals surface area (Å²) in [7, 11) is 1.30. The van der Waals surface area contributed by atoms with Crippen LogP contribution in [0.1, 0.15) is 5.56 Å². The number of hydrogen-bond donors (Lipinski definition) is 1. The Kier molecular flexibility index (Phi) is 4.51. The Morgan fingerprint density at radius 1 is 1.18 bits per heavy atom. The van der Waals surface area contributed by atoms with E-state index in [0.29, 0.717) is 0 Å². The van der Waals surface area contributed by atoms with Gasteiger partial charge in [0.15, 0.2) is 0 Å². The van der Waals surface area contributed by atoms with Crippen LogP contribution in [0.15, 0.2) is 30.5 Å². The number of rotatable bonds is 4. The van der Waals surface area contributed by atoms with Gasteiger partial charge in [0, 0.05) is 17.2 Å². The lowest BCUT2D eigenvalue weighted by molar-refractivity contribution is -0.274. The molecular weight excluding hydrogens is 306 g/mol. The highest BCUT2D eigenvalue weighted by Gasteiger charge is 2.32. The second kappa shape index (κ2) is 6.18. The molecule has 0 atom stereocenters. The zero-order valence-electron chi connectivity index (χ0n) is 11.3. The van der Waals surface area contributed by atoms with Crippen molar-refractivity contribution in [3.8, 4) is 22.8 Å². The van der Waals surface area contributed by atoms with Crippen molar-refractivity contribution < 1.29 is 32.1 Å². The van der Waals surface area contributed by atoms with E-state index in [4.69, 9.17) is 9.84 Å². The van der Waals surface area contributed by atoms with Crippen molar-refractivity contribution in [3.05, 3.63) is 41.8 Å². The summed E-state index contributed by atoms with van der Waals surface area (Å²) >= 11 is 0. The molecule has 2 rings (SSSR count). The predicted molar refractivity (Wildman–Crippen MR) is 68.8 cm³/mol. The molecule has 0 bridgehead atoms. The molecule has 1 aromatic heterocycles. The van der Waals surface area contributed by atoms with E-state index in [1.807, 2.05) is 0 Å². The number of ether oxygens (including phenoxy) is 2. The fourth-order valence-corrected chi connectivity index (χ4v) is 1.83. The van der Waals surface area contributed by atoms with Crippen molar-refractivity contribution in [3.63, 3.8) is 0 Å². The average molecular weight is 317 g/mol. The van der Waals surface area contributed by atoms with Crippen LogP contribution in [0.25, 0.3) is 11.1 Å². The number of benzene rings is 1. The number of alkyl halides is 3. The third kappa shape index (κ3) is 3.64. The molecular formula is C14H11F4NO3. The number of pyridine rings is 1. The van der Waals surface area contributed by atoms with Gasteiger partial charge in [0.1, 0.15) is 11.6 Å². The van der Waals surface area contributed by atoms with Crippen LogP contribution in [0.4, 0.5) is 17.6 Å². The van der Waals surface area contributed by atoms with Gasteiger partial charge in [0.2, 0.25) is 5.88 Å². The summed E-state index contributed by atoms with van der Waals surface area (Å²) in [4.78, 5) is 3.62. The lowest BCUT2D eigenvalue weighted by atomic mass is 10.0. The van der Waals surface area contributed by atoms with Crippen LogP contribution < -0.4 is 9.47 Å². The van der Waals surface area contributed by atoms with Gasteiger partial charge < -0.3 is 14.6 Å². The second-order valence-electron chi connectivity index (χ2n) is 4.24. The summed E-state index contributed by atoms with van der Waals surface area (Å²) in [6.45, 7) is -0.476. The smallest absolute Gasteiger partial charge is 0.481 e. The number of aromatic nitrogens is 1. The molecule has 0 aliphatic heterocycles. The largest absolute Gasteiger partial charge is 0.573 e. The van der Waals surface area contributed by atoms with Crippen molar-refractivity contribution >= 4 is 0 Å². The molecule has 0 saturated heterocycles. The van der Waals surface area contributed by atoms with Gasteiger partial charge in [-0.15, -0.1) is 13.2 Å². The van der Waals surface area contributed by atoms with E-state index >= 15 is 0 Å². The zero-order chi connectivity index (χ0) is 16.3. The van der Waals surface area contributed by atoms with Gasteiger partial charge in [-0.25, -0.2) is 9.37 Å². The molecule has 0 aliphatic carbocycles. The van der Waals surface area contributed by atoms with Crippen molar-refractivity contribution in [2.75, 3.05) is 7.11 Å². The van der Waals surface area contributed by atoms with Crippen LogP contribution in [0.2, 0.25) is 0 Å². The van der Waals surface area contributed by atoms with Crippen molar-refractivity contribution in [2.45, 2.75) is 13.0 Å². The summed E-state index contributed by atoms with van der Waals surface area (Å²) in [5.41, 5.74) is -0.0901. The van der Waals surface area contributed by atoms with E-state index in [1.165, 1.54) is 19.2 Å². The molecule has 8 heteroatoms. The number of aliphatic hydroxyl groups excluding tert-OH is 1. The third-order valence-corrected chi connectivity index (χ3v) is 2.78. The predicted octanol–water partition coefficient (Wildman–Crippen LogP) is 3.29. The number of nitrogens with zero attached hydrogens (tertiary/aromatic N) is 1. The van der Waals surface area contributed by atoms with E-state index < -0.39 is 24.5 Å². The Bertz CT molecular complexity index is 674. The second-order valence-corrected chi connectivity index (χ2v) is 4.24. The van der Waals surface area contributed by atoms with Gasteiger partial charge in [-0.1, -0.05) is 12.1 Å². The third-order valence-electron chi connectivity index (χ3n) is 2.78. The van der Waals surface area contributed by atoms with Gasteiger partial charge >= 0.3 is 6.36 Å². The van der Waals surface area contributed by atoms with Crippen LogP contribution >= 0.6 is 0 Å². The number of aliphatic hydroxyl groups is 1. The Morgan fingerprint density at radius 3 is 2.50 bits per heavy atom. The Morgan fingerprint density at radius 2 is 1.91 bits per heavy atom. The molecule has 22 heavy (non-hydrogen) atoms. The topological polar surface area (TPSA) is 51.6 Å². The molecule has 1 aromatic carbocycles. The molecule has 0 aliphatic rings. The Balaban J connectivity index is 2.59. The van der Waals surface area contributed by atoms with E-state index in [9.17, 15) is 17.6 Å². The van der Waals surface area contributed by atoms with Gasteiger partial charge in [0.05, 0.1) is 19.9 Å². The highest BCUT2D eigenvalue weighted by atomic mass is 19.4. The first kappa shape index (κ1) is 16.0. The Hall–Kier alpha value is -2.35. The monoisotopic (exact) mass is 317 g/mol. The molecule has 118 valence electrons. The normalized spacial score (nSPS) is 11.4. The fourth-order valence-electron chi connectivity index (χ4n) is 1.83. The minimum Gasteiger partial charge on any atom is -0.481 e. The summed E-state index contributed by atoms with van der Waals surface area (Å²) in [5, 5.41) is 9.02. The van der Waals surface area contributed by atoms with Crippen LogP contribution in [0.3, 0.4) is 0 Å². The average Bonchev–Trinajstić information content (AvgIpc) is 2.46. The summed E-state index contributed by atoms with van der Waals surface area (Å²) in [6.07, 6.45) is -4.11. The van der Waals surface area contributed by atoms with Crippen LogP contribution in [-0.4, -0.2) is 23.6 Å². The first-order valence-electron chi connectivity index (χ1n) is 6.03. The van der Waals surface area contributed by atoms with Crippen LogP contribution in [0.5, 0.6) is 11.6 Å². The van der Waals surface area contributed by atoms with E-state index in [0.717, 1.165) is 18.3 Å². The minimum atomic E-state index is -4.95. The van der Waals surface area contributed by atoms with Gasteiger partial charge in [-0.05, 0) is 11.6 Å². The van der Waals surface area contributed by atoms with E-state index in [1.54, 1.807) is 0 Å². The molecule has 1 heterocycles. The van der Waals surface area contributed by atoms with Gasteiger partial charge in [-0.3, -0.25) is 0 Å². The zero-order valence-corrected chi connectivity index (χ0v) is 11.3. The highest BCUT2D eigenvalue weighted by molar-refractivity contribution is 5.72. The van der Waals surface area contributed by atoms with Crippen molar-refractivity contribution in [1.82, 2.24) is 4.98 Å².